The van der Waals surface area contributed by atoms with E-state index >= 15 is 0 Å². The van der Waals surface area contributed by atoms with Crippen LogP contribution in [0, 0.1) is 0 Å². The molecule has 116 valence electrons. The van der Waals surface area contributed by atoms with Gasteiger partial charge < -0.3 is 16.0 Å². The lowest BCUT2D eigenvalue weighted by atomic mass is 10.1. The van der Waals surface area contributed by atoms with Gasteiger partial charge in [0.25, 0.3) is 0 Å². The van der Waals surface area contributed by atoms with Gasteiger partial charge in [0.1, 0.15) is 0 Å². The van der Waals surface area contributed by atoms with Crippen LogP contribution >= 0.6 is 0 Å². The van der Waals surface area contributed by atoms with E-state index in [1.807, 2.05) is 56.6 Å². The third kappa shape index (κ3) is 4.60. The molecule has 1 unspecified atom stereocenters. The van der Waals surface area contributed by atoms with Gasteiger partial charge in [-0.2, -0.15) is 0 Å². The zero-order valence-electron chi connectivity index (χ0n) is 13.1. The second-order valence-corrected chi connectivity index (χ2v) is 5.61. The van der Waals surface area contributed by atoms with Crippen LogP contribution in [-0.2, 0) is 11.2 Å². The van der Waals surface area contributed by atoms with Crippen LogP contribution in [0.1, 0.15) is 17.2 Å². The Morgan fingerprint density at radius 3 is 2.32 bits per heavy atom. The smallest absolute Gasteiger partial charge is 0.224 e. The molecule has 0 radical (unpaired) electrons. The molecule has 4 nitrogen and oxygen atoms in total. The van der Waals surface area contributed by atoms with Gasteiger partial charge in [0.05, 0.1) is 12.5 Å². The molecule has 0 saturated carbocycles. The first-order valence-corrected chi connectivity index (χ1v) is 7.39. The van der Waals surface area contributed by atoms with E-state index in [-0.39, 0.29) is 11.9 Å². The van der Waals surface area contributed by atoms with Gasteiger partial charge in [-0.1, -0.05) is 42.5 Å². The molecular weight excluding hydrogens is 274 g/mol. The summed E-state index contributed by atoms with van der Waals surface area (Å²) in [6, 6.07) is 17.7. The number of nitrogens with two attached hydrogens (primary N) is 1. The third-order valence-electron chi connectivity index (χ3n) is 3.64. The largest absolute Gasteiger partial charge is 0.399 e. The molecular formula is C18H23N3O. The molecule has 4 heteroatoms. The molecule has 3 N–H and O–H groups in total. The van der Waals surface area contributed by atoms with Gasteiger partial charge in [0.2, 0.25) is 5.91 Å². The van der Waals surface area contributed by atoms with Gasteiger partial charge in [-0.25, -0.2) is 0 Å². The summed E-state index contributed by atoms with van der Waals surface area (Å²) in [6.45, 7) is 0.588. The molecule has 2 aromatic rings. The number of carbonyl (C=O) groups excluding carboxylic acids is 1. The quantitative estimate of drug-likeness (QED) is 0.804. The van der Waals surface area contributed by atoms with E-state index in [0.717, 1.165) is 5.56 Å². The zero-order valence-corrected chi connectivity index (χ0v) is 13.1. The SMILES string of the molecule is CN(C)C(CNC(=O)Cc1ccc(N)cc1)c1ccccc1. The number of hydrogen-bond acceptors (Lipinski definition) is 3. The number of likely N-dealkylation sites (N-methyl/N-ethyl adjacent to an activating group) is 1. The van der Waals surface area contributed by atoms with E-state index in [1.54, 1.807) is 0 Å². The molecule has 0 fully saturated rings. The van der Waals surface area contributed by atoms with Crippen molar-refractivity contribution in [2.24, 2.45) is 0 Å². The maximum absolute atomic E-state index is 12.1. The number of nitrogens with one attached hydrogen (secondary N) is 1. The molecule has 1 amide bonds. The van der Waals surface area contributed by atoms with Gasteiger partial charge in [0.15, 0.2) is 0 Å². The summed E-state index contributed by atoms with van der Waals surface area (Å²) in [5, 5.41) is 3.01. The Morgan fingerprint density at radius 2 is 1.73 bits per heavy atom. The van der Waals surface area contributed by atoms with Crippen LogP contribution in [0.15, 0.2) is 54.6 Å². The number of anilines is 1. The first-order valence-electron chi connectivity index (χ1n) is 7.39. The van der Waals surface area contributed by atoms with Crippen molar-refractivity contribution in [3.63, 3.8) is 0 Å². The molecule has 0 aromatic heterocycles. The van der Waals surface area contributed by atoms with E-state index in [2.05, 4.69) is 22.3 Å². The van der Waals surface area contributed by atoms with Gasteiger partial charge in [-0.05, 0) is 37.4 Å². The fraction of sp³-hybridized carbons (Fsp3) is 0.278. The number of rotatable bonds is 6. The summed E-state index contributed by atoms with van der Waals surface area (Å²) in [4.78, 5) is 14.2. The Labute approximate surface area is 131 Å². The predicted octanol–water partition coefficient (Wildman–Crippen LogP) is 2.23. The summed E-state index contributed by atoms with van der Waals surface area (Å²) >= 11 is 0. The number of carbonyl (C=O) groups is 1. The standard InChI is InChI=1S/C18H23N3O/c1-21(2)17(15-6-4-3-5-7-15)13-20-18(22)12-14-8-10-16(19)11-9-14/h3-11,17H,12-13,19H2,1-2H3,(H,20,22). The van der Waals surface area contributed by atoms with Crippen LogP contribution in [0.3, 0.4) is 0 Å². The molecule has 1 atom stereocenters. The molecule has 22 heavy (non-hydrogen) atoms. The van der Waals surface area contributed by atoms with E-state index in [1.165, 1.54) is 5.56 Å². The summed E-state index contributed by atoms with van der Waals surface area (Å²) in [6.07, 6.45) is 0.370. The Bertz CT molecular complexity index is 593. The first-order chi connectivity index (χ1) is 10.6. The van der Waals surface area contributed by atoms with Crippen LogP contribution in [0.2, 0.25) is 0 Å². The summed E-state index contributed by atoms with van der Waals surface area (Å²) in [5.74, 6) is 0.0209. The van der Waals surface area contributed by atoms with Crippen molar-refractivity contribution in [3.8, 4) is 0 Å². The number of hydrogen-bond donors (Lipinski definition) is 2. The zero-order chi connectivity index (χ0) is 15.9. The molecule has 0 aliphatic rings. The van der Waals surface area contributed by atoms with Crippen LogP contribution < -0.4 is 11.1 Å². The van der Waals surface area contributed by atoms with Gasteiger partial charge in [0, 0.05) is 12.2 Å². The van der Waals surface area contributed by atoms with E-state index < -0.39 is 0 Å². The van der Waals surface area contributed by atoms with Crippen molar-refractivity contribution in [2.45, 2.75) is 12.5 Å². The molecule has 0 saturated heterocycles. The molecule has 2 aromatic carbocycles. The minimum absolute atomic E-state index is 0.0209. The fourth-order valence-corrected chi connectivity index (χ4v) is 2.37. The average Bonchev–Trinajstić information content (AvgIpc) is 2.50. The lowest BCUT2D eigenvalue weighted by Crippen LogP contribution is -2.35. The molecule has 0 bridgehead atoms. The van der Waals surface area contributed by atoms with Gasteiger partial charge in [-0.3, -0.25) is 4.79 Å². The minimum Gasteiger partial charge on any atom is -0.399 e. The third-order valence-corrected chi connectivity index (χ3v) is 3.64. The number of nitrogens with zero attached hydrogens (tertiary/aromatic N) is 1. The Kier molecular flexibility index (Phi) is 5.55. The second-order valence-electron chi connectivity index (χ2n) is 5.61. The highest BCUT2D eigenvalue weighted by atomic mass is 16.1. The highest BCUT2D eigenvalue weighted by molar-refractivity contribution is 5.78. The highest BCUT2D eigenvalue weighted by Gasteiger charge is 2.14. The number of amides is 1. The topological polar surface area (TPSA) is 58.4 Å². The summed E-state index contributed by atoms with van der Waals surface area (Å²) in [5.41, 5.74) is 8.52. The van der Waals surface area contributed by atoms with E-state index in [9.17, 15) is 4.79 Å². The average molecular weight is 297 g/mol. The van der Waals surface area contributed by atoms with Crippen LogP contribution in [-0.4, -0.2) is 31.4 Å². The predicted molar refractivity (Wildman–Crippen MR) is 90.4 cm³/mol. The lowest BCUT2D eigenvalue weighted by Gasteiger charge is -2.25. The van der Waals surface area contributed by atoms with Crippen LogP contribution in [0.5, 0.6) is 0 Å². The first kappa shape index (κ1) is 16.0. The van der Waals surface area contributed by atoms with E-state index in [4.69, 9.17) is 5.73 Å². The maximum Gasteiger partial charge on any atom is 0.224 e. The van der Waals surface area contributed by atoms with Crippen molar-refractivity contribution in [1.29, 1.82) is 0 Å². The van der Waals surface area contributed by atoms with Gasteiger partial charge >= 0.3 is 0 Å². The second kappa shape index (κ2) is 7.61. The Hall–Kier alpha value is -2.33. The van der Waals surface area contributed by atoms with Crippen molar-refractivity contribution in [1.82, 2.24) is 10.2 Å². The van der Waals surface area contributed by atoms with Crippen molar-refractivity contribution in [3.05, 3.63) is 65.7 Å². The Balaban J connectivity index is 1.92. The summed E-state index contributed by atoms with van der Waals surface area (Å²) < 4.78 is 0. The molecule has 0 heterocycles. The monoisotopic (exact) mass is 297 g/mol. The number of benzene rings is 2. The Morgan fingerprint density at radius 1 is 1.09 bits per heavy atom. The summed E-state index contributed by atoms with van der Waals surface area (Å²) in [7, 11) is 4.04. The van der Waals surface area contributed by atoms with Gasteiger partial charge in [-0.15, -0.1) is 0 Å². The normalized spacial score (nSPS) is 12.1. The van der Waals surface area contributed by atoms with Crippen molar-refractivity contribution >= 4 is 11.6 Å². The van der Waals surface area contributed by atoms with Crippen LogP contribution in [0.4, 0.5) is 5.69 Å². The van der Waals surface area contributed by atoms with Crippen molar-refractivity contribution in [2.75, 3.05) is 26.4 Å². The molecule has 0 aliphatic carbocycles. The fourth-order valence-electron chi connectivity index (χ4n) is 2.37. The molecule has 0 aliphatic heterocycles. The molecule has 0 spiro atoms. The van der Waals surface area contributed by atoms with Crippen molar-refractivity contribution < 1.29 is 4.79 Å². The number of nitrogen functional groups attached to an aromatic ring is 1. The molecule has 2 rings (SSSR count). The minimum atomic E-state index is 0.0209. The highest BCUT2D eigenvalue weighted by Crippen LogP contribution is 2.16. The maximum atomic E-state index is 12.1. The lowest BCUT2D eigenvalue weighted by molar-refractivity contribution is -0.120. The van der Waals surface area contributed by atoms with E-state index in [0.29, 0.717) is 18.7 Å². The van der Waals surface area contributed by atoms with Crippen LogP contribution in [0.25, 0.3) is 0 Å².